The molecule has 2 atom stereocenters. The van der Waals surface area contributed by atoms with E-state index in [1.807, 2.05) is 0 Å². The Morgan fingerprint density at radius 3 is 2.75 bits per heavy atom. The summed E-state index contributed by atoms with van der Waals surface area (Å²) in [6.07, 6.45) is 5.93. The molecule has 0 aliphatic heterocycles. The molecular weight excluding hydrogens is 272 g/mol. The lowest BCUT2D eigenvalue weighted by molar-refractivity contribution is 0.271. The molecule has 1 fully saturated rings. The zero-order chi connectivity index (χ0) is 14.6. The number of anilines is 1. The van der Waals surface area contributed by atoms with Crippen LogP contribution >= 0.6 is 0 Å². The number of nitrogens with one attached hydrogen (secondary N) is 1. The van der Waals surface area contributed by atoms with Gasteiger partial charge in [-0.2, -0.15) is 0 Å². The van der Waals surface area contributed by atoms with Crippen LogP contribution < -0.4 is 10.5 Å². The summed E-state index contributed by atoms with van der Waals surface area (Å²) in [5.41, 5.74) is 6.02. The molecule has 5 heteroatoms. The van der Waals surface area contributed by atoms with Gasteiger partial charge in [0.2, 0.25) is 10.0 Å². The van der Waals surface area contributed by atoms with Crippen molar-refractivity contribution >= 4 is 15.7 Å². The maximum absolute atomic E-state index is 12.2. The van der Waals surface area contributed by atoms with Gasteiger partial charge < -0.3 is 5.73 Å². The van der Waals surface area contributed by atoms with Crippen molar-refractivity contribution in [3.05, 3.63) is 24.3 Å². The second kappa shape index (κ2) is 6.59. The summed E-state index contributed by atoms with van der Waals surface area (Å²) in [5.74, 6) is 1.42. The molecule has 20 heavy (non-hydrogen) atoms. The summed E-state index contributed by atoms with van der Waals surface area (Å²) >= 11 is 0. The zero-order valence-corrected chi connectivity index (χ0v) is 12.8. The van der Waals surface area contributed by atoms with E-state index in [4.69, 9.17) is 5.73 Å². The fraction of sp³-hybridized carbons (Fsp3) is 0.600. The van der Waals surface area contributed by atoms with Gasteiger partial charge in [0, 0.05) is 6.54 Å². The predicted octanol–water partition coefficient (Wildman–Crippen LogP) is 2.76. The van der Waals surface area contributed by atoms with Crippen LogP contribution in [-0.4, -0.2) is 15.0 Å². The number of para-hydroxylation sites is 1. The maximum atomic E-state index is 12.2. The molecule has 3 N–H and O–H groups in total. The molecule has 0 amide bonds. The molecular formula is C15H24N2O2S. The van der Waals surface area contributed by atoms with E-state index in [0.717, 1.165) is 12.3 Å². The van der Waals surface area contributed by atoms with Gasteiger partial charge in [-0.05, 0) is 36.8 Å². The highest BCUT2D eigenvalue weighted by molar-refractivity contribution is 7.89. The van der Waals surface area contributed by atoms with Crippen LogP contribution in [0.15, 0.2) is 29.2 Å². The maximum Gasteiger partial charge on any atom is 0.242 e. The second-order valence-corrected chi connectivity index (χ2v) is 7.60. The van der Waals surface area contributed by atoms with Gasteiger partial charge in [-0.3, -0.25) is 0 Å². The number of nitrogens with two attached hydrogens (primary N) is 1. The van der Waals surface area contributed by atoms with Crippen LogP contribution in [0.2, 0.25) is 0 Å². The monoisotopic (exact) mass is 296 g/mol. The number of hydrogen-bond acceptors (Lipinski definition) is 3. The number of nitrogen functional groups attached to an aromatic ring is 1. The molecule has 1 aromatic carbocycles. The first kappa shape index (κ1) is 15.3. The lowest BCUT2D eigenvalue weighted by atomic mass is 9.81. The van der Waals surface area contributed by atoms with Crippen LogP contribution in [0, 0.1) is 11.8 Å². The topological polar surface area (TPSA) is 72.2 Å². The third-order valence-electron chi connectivity index (χ3n) is 4.10. The van der Waals surface area contributed by atoms with E-state index in [1.54, 1.807) is 24.3 Å². The van der Waals surface area contributed by atoms with Crippen molar-refractivity contribution < 1.29 is 8.42 Å². The van der Waals surface area contributed by atoms with Crippen LogP contribution in [0.5, 0.6) is 0 Å². The highest BCUT2D eigenvalue weighted by atomic mass is 32.2. The van der Waals surface area contributed by atoms with Crippen molar-refractivity contribution in [2.45, 2.75) is 43.9 Å². The molecule has 2 rings (SSSR count). The van der Waals surface area contributed by atoms with Crippen molar-refractivity contribution in [1.82, 2.24) is 4.72 Å². The average molecular weight is 296 g/mol. The Bertz CT molecular complexity index is 543. The Hall–Kier alpha value is -1.07. The molecule has 112 valence electrons. The molecule has 0 saturated heterocycles. The molecule has 0 bridgehead atoms. The SMILES string of the molecule is CC1CCCC(CCNS(=O)(=O)c2ccccc2N)C1. The molecule has 0 radical (unpaired) electrons. The van der Waals surface area contributed by atoms with E-state index in [1.165, 1.54) is 25.7 Å². The quantitative estimate of drug-likeness (QED) is 0.821. The highest BCUT2D eigenvalue weighted by Gasteiger charge is 2.20. The number of benzene rings is 1. The van der Waals surface area contributed by atoms with Crippen LogP contribution in [0.25, 0.3) is 0 Å². The van der Waals surface area contributed by atoms with E-state index < -0.39 is 10.0 Å². The predicted molar refractivity (Wildman–Crippen MR) is 81.8 cm³/mol. The fourth-order valence-electron chi connectivity index (χ4n) is 3.02. The molecule has 1 aliphatic rings. The molecule has 1 aliphatic carbocycles. The number of sulfonamides is 1. The van der Waals surface area contributed by atoms with Crippen molar-refractivity contribution in [1.29, 1.82) is 0 Å². The van der Waals surface area contributed by atoms with Crippen LogP contribution in [0.3, 0.4) is 0 Å². The largest absolute Gasteiger partial charge is 0.398 e. The Labute approximate surface area is 121 Å². The van der Waals surface area contributed by atoms with Gasteiger partial charge in [0.05, 0.1) is 5.69 Å². The summed E-state index contributed by atoms with van der Waals surface area (Å²) in [5, 5.41) is 0. The molecule has 1 saturated carbocycles. The van der Waals surface area contributed by atoms with Gasteiger partial charge in [0.25, 0.3) is 0 Å². The first-order chi connectivity index (χ1) is 9.49. The molecule has 2 unspecified atom stereocenters. The van der Waals surface area contributed by atoms with Crippen LogP contribution in [-0.2, 0) is 10.0 Å². The molecule has 0 aromatic heterocycles. The highest BCUT2D eigenvalue weighted by Crippen LogP contribution is 2.30. The average Bonchev–Trinajstić information content (AvgIpc) is 2.39. The zero-order valence-electron chi connectivity index (χ0n) is 12.0. The first-order valence-corrected chi connectivity index (χ1v) is 8.81. The fourth-order valence-corrected chi connectivity index (χ4v) is 4.20. The van der Waals surface area contributed by atoms with Crippen molar-refractivity contribution in [3.8, 4) is 0 Å². The van der Waals surface area contributed by atoms with Crippen LogP contribution in [0.1, 0.15) is 39.0 Å². The van der Waals surface area contributed by atoms with Crippen molar-refractivity contribution in [3.63, 3.8) is 0 Å². The third kappa shape index (κ3) is 3.96. The lowest BCUT2D eigenvalue weighted by Gasteiger charge is -2.26. The van der Waals surface area contributed by atoms with E-state index in [0.29, 0.717) is 18.2 Å². The Kier molecular flexibility index (Phi) is 5.05. The van der Waals surface area contributed by atoms with Gasteiger partial charge in [-0.15, -0.1) is 0 Å². The molecule has 4 nitrogen and oxygen atoms in total. The number of hydrogen-bond donors (Lipinski definition) is 2. The minimum Gasteiger partial charge on any atom is -0.398 e. The lowest BCUT2D eigenvalue weighted by Crippen LogP contribution is -2.27. The van der Waals surface area contributed by atoms with E-state index in [9.17, 15) is 8.42 Å². The van der Waals surface area contributed by atoms with Gasteiger partial charge in [-0.25, -0.2) is 13.1 Å². The summed E-state index contributed by atoms with van der Waals surface area (Å²) < 4.78 is 27.0. The summed E-state index contributed by atoms with van der Waals surface area (Å²) in [6, 6.07) is 6.57. The summed E-state index contributed by atoms with van der Waals surface area (Å²) in [6.45, 7) is 2.77. The van der Waals surface area contributed by atoms with E-state index in [2.05, 4.69) is 11.6 Å². The summed E-state index contributed by atoms with van der Waals surface area (Å²) in [7, 11) is -3.48. The standard InChI is InChI=1S/C15H24N2O2S/c1-12-5-4-6-13(11-12)9-10-17-20(18,19)15-8-3-2-7-14(15)16/h2-3,7-8,12-13,17H,4-6,9-11,16H2,1H3. The van der Waals surface area contributed by atoms with Crippen LogP contribution in [0.4, 0.5) is 5.69 Å². The third-order valence-corrected chi connectivity index (χ3v) is 5.63. The molecule has 0 spiro atoms. The minimum absolute atomic E-state index is 0.178. The molecule has 0 heterocycles. The van der Waals surface area contributed by atoms with E-state index >= 15 is 0 Å². The van der Waals surface area contributed by atoms with Gasteiger partial charge >= 0.3 is 0 Å². The van der Waals surface area contributed by atoms with Crippen molar-refractivity contribution in [2.75, 3.05) is 12.3 Å². The van der Waals surface area contributed by atoms with Gasteiger partial charge in [0.1, 0.15) is 4.90 Å². The Morgan fingerprint density at radius 2 is 2.05 bits per heavy atom. The Morgan fingerprint density at radius 1 is 1.30 bits per heavy atom. The van der Waals surface area contributed by atoms with Gasteiger partial charge in [0.15, 0.2) is 0 Å². The number of rotatable bonds is 5. The van der Waals surface area contributed by atoms with Gasteiger partial charge in [-0.1, -0.05) is 38.3 Å². The normalized spacial score (nSPS) is 23.6. The first-order valence-electron chi connectivity index (χ1n) is 7.33. The second-order valence-electron chi connectivity index (χ2n) is 5.86. The van der Waals surface area contributed by atoms with E-state index in [-0.39, 0.29) is 4.90 Å². The minimum atomic E-state index is -3.48. The Balaban J connectivity index is 1.88. The summed E-state index contributed by atoms with van der Waals surface area (Å²) in [4.78, 5) is 0.178. The smallest absolute Gasteiger partial charge is 0.242 e. The molecule has 1 aromatic rings. The van der Waals surface area contributed by atoms with Crippen molar-refractivity contribution in [2.24, 2.45) is 11.8 Å².